The molecule has 2 amide bonds. The molecule has 1 aliphatic rings. The number of nitrogens with zero attached hydrogens (tertiary/aromatic N) is 2. The molecule has 20 heavy (non-hydrogen) atoms. The van der Waals surface area contributed by atoms with Gasteiger partial charge in [0.2, 0.25) is 11.8 Å². The highest BCUT2D eigenvalue weighted by Crippen LogP contribution is 2.09. The molecule has 0 aromatic rings. The molecular formula is C15H29N3O2. The van der Waals surface area contributed by atoms with Gasteiger partial charge in [-0.3, -0.25) is 14.9 Å². The standard InChI is InChI=1S/C15H29N3O2/c1-4-17(5-2)15(20)13(3)16-12-14(19)18-10-8-6-7-9-11-18/h13,16H,4-12H2,1-3H3. The van der Waals surface area contributed by atoms with Crippen LogP contribution < -0.4 is 5.32 Å². The Hall–Kier alpha value is -1.10. The summed E-state index contributed by atoms with van der Waals surface area (Å²) < 4.78 is 0. The topological polar surface area (TPSA) is 52.7 Å². The first-order chi connectivity index (χ1) is 9.60. The Labute approximate surface area is 122 Å². The SMILES string of the molecule is CCN(CC)C(=O)C(C)NCC(=O)N1CCCCCC1. The summed E-state index contributed by atoms with van der Waals surface area (Å²) in [7, 11) is 0. The number of likely N-dealkylation sites (N-methyl/N-ethyl adjacent to an activating group) is 1. The van der Waals surface area contributed by atoms with Crippen molar-refractivity contribution in [3.63, 3.8) is 0 Å². The molecule has 1 atom stereocenters. The van der Waals surface area contributed by atoms with E-state index in [9.17, 15) is 9.59 Å². The fourth-order valence-corrected chi connectivity index (χ4v) is 2.57. The van der Waals surface area contributed by atoms with Gasteiger partial charge in [-0.15, -0.1) is 0 Å². The molecule has 1 fully saturated rings. The van der Waals surface area contributed by atoms with Crippen LogP contribution in [0.3, 0.4) is 0 Å². The van der Waals surface area contributed by atoms with Gasteiger partial charge in [0.05, 0.1) is 12.6 Å². The van der Waals surface area contributed by atoms with Crippen molar-refractivity contribution in [3.8, 4) is 0 Å². The summed E-state index contributed by atoms with van der Waals surface area (Å²) in [6.07, 6.45) is 4.63. The van der Waals surface area contributed by atoms with E-state index >= 15 is 0 Å². The summed E-state index contributed by atoms with van der Waals surface area (Å²) in [6.45, 7) is 9.16. The van der Waals surface area contributed by atoms with E-state index in [4.69, 9.17) is 0 Å². The molecule has 0 aromatic heterocycles. The number of likely N-dealkylation sites (tertiary alicyclic amines) is 1. The van der Waals surface area contributed by atoms with Gasteiger partial charge in [0.15, 0.2) is 0 Å². The van der Waals surface area contributed by atoms with Gasteiger partial charge < -0.3 is 9.80 Å². The predicted octanol–water partition coefficient (Wildman–Crippen LogP) is 1.24. The molecule has 1 N–H and O–H groups in total. The Balaban J connectivity index is 2.37. The van der Waals surface area contributed by atoms with E-state index in [2.05, 4.69) is 5.32 Å². The van der Waals surface area contributed by atoms with Crippen LogP contribution in [-0.4, -0.2) is 60.4 Å². The second-order valence-electron chi connectivity index (χ2n) is 5.41. The molecule has 1 rings (SSSR count). The summed E-state index contributed by atoms with van der Waals surface area (Å²) in [6, 6.07) is -0.300. The lowest BCUT2D eigenvalue weighted by molar-refractivity contribution is -0.133. The van der Waals surface area contributed by atoms with Crippen LogP contribution in [0.4, 0.5) is 0 Å². The number of hydrogen-bond donors (Lipinski definition) is 1. The van der Waals surface area contributed by atoms with Crippen molar-refractivity contribution in [3.05, 3.63) is 0 Å². The molecule has 5 heteroatoms. The largest absolute Gasteiger partial charge is 0.342 e. The minimum atomic E-state index is -0.300. The van der Waals surface area contributed by atoms with Crippen LogP contribution >= 0.6 is 0 Å². The van der Waals surface area contributed by atoms with Crippen molar-refractivity contribution in [2.24, 2.45) is 0 Å². The van der Waals surface area contributed by atoms with Crippen LogP contribution in [0, 0.1) is 0 Å². The van der Waals surface area contributed by atoms with Crippen molar-refractivity contribution in [1.29, 1.82) is 0 Å². The molecule has 0 spiro atoms. The van der Waals surface area contributed by atoms with E-state index in [1.807, 2.05) is 25.7 Å². The fraction of sp³-hybridized carbons (Fsp3) is 0.867. The van der Waals surface area contributed by atoms with Gasteiger partial charge in [-0.25, -0.2) is 0 Å². The van der Waals surface area contributed by atoms with E-state index in [0.29, 0.717) is 13.1 Å². The first-order valence-electron chi connectivity index (χ1n) is 7.90. The van der Waals surface area contributed by atoms with Gasteiger partial charge in [-0.1, -0.05) is 12.8 Å². The van der Waals surface area contributed by atoms with Crippen LogP contribution in [0.5, 0.6) is 0 Å². The molecule has 0 radical (unpaired) electrons. The van der Waals surface area contributed by atoms with Gasteiger partial charge in [0.25, 0.3) is 0 Å². The van der Waals surface area contributed by atoms with Gasteiger partial charge in [0, 0.05) is 26.2 Å². The van der Waals surface area contributed by atoms with Gasteiger partial charge in [0.1, 0.15) is 0 Å². The third-order valence-corrected chi connectivity index (χ3v) is 3.96. The highest BCUT2D eigenvalue weighted by atomic mass is 16.2. The first kappa shape index (κ1) is 17.0. The monoisotopic (exact) mass is 283 g/mol. The first-order valence-corrected chi connectivity index (χ1v) is 7.90. The predicted molar refractivity (Wildman–Crippen MR) is 80.4 cm³/mol. The van der Waals surface area contributed by atoms with Crippen molar-refractivity contribution < 1.29 is 9.59 Å². The van der Waals surface area contributed by atoms with E-state index in [1.165, 1.54) is 12.8 Å². The van der Waals surface area contributed by atoms with Gasteiger partial charge in [-0.2, -0.15) is 0 Å². The zero-order valence-electron chi connectivity index (χ0n) is 13.2. The minimum Gasteiger partial charge on any atom is -0.342 e. The molecule has 1 heterocycles. The maximum absolute atomic E-state index is 12.1. The summed E-state index contributed by atoms with van der Waals surface area (Å²) in [5.41, 5.74) is 0. The fourth-order valence-electron chi connectivity index (χ4n) is 2.57. The highest BCUT2D eigenvalue weighted by Gasteiger charge is 2.20. The maximum Gasteiger partial charge on any atom is 0.239 e. The van der Waals surface area contributed by atoms with Gasteiger partial charge in [-0.05, 0) is 33.6 Å². The smallest absolute Gasteiger partial charge is 0.239 e. The van der Waals surface area contributed by atoms with Crippen molar-refractivity contribution in [2.45, 2.75) is 52.5 Å². The summed E-state index contributed by atoms with van der Waals surface area (Å²) in [5.74, 6) is 0.185. The lowest BCUT2D eigenvalue weighted by atomic mass is 10.2. The summed E-state index contributed by atoms with van der Waals surface area (Å²) in [5, 5.41) is 3.07. The van der Waals surface area contributed by atoms with Crippen LogP contribution in [-0.2, 0) is 9.59 Å². The number of carbonyl (C=O) groups excluding carboxylic acids is 2. The highest BCUT2D eigenvalue weighted by molar-refractivity contribution is 5.83. The molecular weight excluding hydrogens is 254 g/mol. The van der Waals surface area contributed by atoms with Gasteiger partial charge >= 0.3 is 0 Å². The Morgan fingerprint density at radius 3 is 2.15 bits per heavy atom. The zero-order chi connectivity index (χ0) is 15.0. The molecule has 0 aromatic carbocycles. The molecule has 1 unspecified atom stereocenters. The summed E-state index contributed by atoms with van der Waals surface area (Å²) >= 11 is 0. The summed E-state index contributed by atoms with van der Waals surface area (Å²) in [4.78, 5) is 27.9. The van der Waals surface area contributed by atoms with E-state index < -0.39 is 0 Å². The number of carbonyl (C=O) groups is 2. The average Bonchev–Trinajstić information content (AvgIpc) is 2.74. The van der Waals surface area contributed by atoms with Crippen molar-refractivity contribution in [1.82, 2.24) is 15.1 Å². The molecule has 116 valence electrons. The minimum absolute atomic E-state index is 0.0682. The molecule has 0 saturated carbocycles. The lowest BCUT2D eigenvalue weighted by Gasteiger charge is -2.25. The molecule has 0 aliphatic carbocycles. The molecule has 1 aliphatic heterocycles. The Kier molecular flexibility index (Phi) is 7.59. The molecule has 5 nitrogen and oxygen atoms in total. The van der Waals surface area contributed by atoms with E-state index in [1.54, 1.807) is 4.90 Å². The van der Waals surface area contributed by atoms with Crippen molar-refractivity contribution in [2.75, 3.05) is 32.7 Å². The molecule has 0 bridgehead atoms. The number of hydrogen-bond acceptors (Lipinski definition) is 3. The van der Waals surface area contributed by atoms with Crippen LogP contribution in [0.15, 0.2) is 0 Å². The van der Waals surface area contributed by atoms with Crippen LogP contribution in [0.2, 0.25) is 0 Å². The number of nitrogens with one attached hydrogen (secondary N) is 1. The maximum atomic E-state index is 12.1. The van der Waals surface area contributed by atoms with Crippen molar-refractivity contribution >= 4 is 11.8 Å². The Bertz CT molecular complexity index is 308. The van der Waals surface area contributed by atoms with Crippen LogP contribution in [0.25, 0.3) is 0 Å². The Morgan fingerprint density at radius 1 is 1.10 bits per heavy atom. The second kappa shape index (κ2) is 8.95. The van der Waals surface area contributed by atoms with E-state index in [-0.39, 0.29) is 24.4 Å². The van der Waals surface area contributed by atoms with Crippen LogP contribution in [0.1, 0.15) is 46.5 Å². The quantitative estimate of drug-likeness (QED) is 0.798. The van der Waals surface area contributed by atoms with E-state index in [0.717, 1.165) is 25.9 Å². The zero-order valence-corrected chi connectivity index (χ0v) is 13.2. The number of rotatable bonds is 6. The third-order valence-electron chi connectivity index (χ3n) is 3.96. The third kappa shape index (κ3) is 5.12. The Morgan fingerprint density at radius 2 is 1.65 bits per heavy atom. The number of amides is 2. The lowest BCUT2D eigenvalue weighted by Crippen LogP contribution is -2.48. The average molecular weight is 283 g/mol. The molecule has 1 saturated heterocycles. The normalized spacial score (nSPS) is 17.4. The second-order valence-corrected chi connectivity index (χ2v) is 5.41.